The fourth-order valence-corrected chi connectivity index (χ4v) is 2.25. The van der Waals surface area contributed by atoms with Crippen molar-refractivity contribution in [2.75, 3.05) is 6.61 Å². The van der Waals surface area contributed by atoms with Crippen molar-refractivity contribution in [3.8, 4) is 0 Å². The molecular weight excluding hydrogens is 252 g/mol. The lowest BCUT2D eigenvalue weighted by Gasteiger charge is -2.15. The molecule has 2 rings (SSSR count). The molecule has 0 fully saturated rings. The van der Waals surface area contributed by atoms with E-state index in [4.69, 9.17) is 9.47 Å². The van der Waals surface area contributed by atoms with Gasteiger partial charge in [-0.2, -0.15) is 0 Å². The molecule has 0 aromatic heterocycles. The molecule has 1 unspecified atom stereocenters. The summed E-state index contributed by atoms with van der Waals surface area (Å²) in [4.78, 5) is 11.8. The average Bonchev–Trinajstić information content (AvgIpc) is 2.81. The number of esters is 1. The third-order valence-corrected chi connectivity index (χ3v) is 3.47. The number of carbonyl (C=O) groups is 1. The normalized spacial score (nSPS) is 17.9. The van der Waals surface area contributed by atoms with Crippen molar-refractivity contribution in [1.29, 1.82) is 0 Å². The van der Waals surface area contributed by atoms with E-state index in [0.29, 0.717) is 24.4 Å². The Bertz CT molecular complexity index is 552. The van der Waals surface area contributed by atoms with E-state index in [2.05, 4.69) is 6.58 Å². The van der Waals surface area contributed by atoms with Gasteiger partial charge < -0.3 is 9.47 Å². The molecule has 1 atom stereocenters. The van der Waals surface area contributed by atoms with Crippen molar-refractivity contribution < 1.29 is 14.3 Å². The van der Waals surface area contributed by atoms with Gasteiger partial charge in [0.05, 0.1) is 12.2 Å². The summed E-state index contributed by atoms with van der Waals surface area (Å²) in [5, 5.41) is 0. The highest BCUT2D eigenvalue weighted by atomic mass is 16.5. The fourth-order valence-electron chi connectivity index (χ4n) is 2.25. The molecule has 0 spiro atoms. The molecule has 0 saturated heterocycles. The molecule has 3 nitrogen and oxygen atoms in total. The molecule has 20 heavy (non-hydrogen) atoms. The number of ether oxygens (including phenoxy) is 2. The SMILES string of the molecule is C=C(c1ccc(C)cc1)C1CC(C(=O)OCC)=C(C)O1. The summed E-state index contributed by atoms with van der Waals surface area (Å²) in [6, 6.07) is 8.14. The van der Waals surface area contributed by atoms with Crippen LogP contribution in [0.15, 0.2) is 42.2 Å². The molecule has 0 N–H and O–H groups in total. The van der Waals surface area contributed by atoms with Gasteiger partial charge in [-0.3, -0.25) is 0 Å². The third-order valence-electron chi connectivity index (χ3n) is 3.47. The molecule has 0 radical (unpaired) electrons. The number of rotatable bonds is 4. The summed E-state index contributed by atoms with van der Waals surface area (Å²) in [5.41, 5.74) is 3.75. The zero-order valence-electron chi connectivity index (χ0n) is 12.2. The number of benzene rings is 1. The van der Waals surface area contributed by atoms with Gasteiger partial charge in [-0.25, -0.2) is 4.79 Å². The monoisotopic (exact) mass is 272 g/mol. The first-order valence-electron chi connectivity index (χ1n) is 6.82. The van der Waals surface area contributed by atoms with Crippen LogP contribution < -0.4 is 0 Å². The van der Waals surface area contributed by atoms with Crippen LogP contribution in [0, 0.1) is 6.92 Å². The van der Waals surface area contributed by atoms with Crippen molar-refractivity contribution in [2.45, 2.75) is 33.3 Å². The Morgan fingerprint density at radius 3 is 2.60 bits per heavy atom. The van der Waals surface area contributed by atoms with E-state index >= 15 is 0 Å². The van der Waals surface area contributed by atoms with E-state index in [1.165, 1.54) is 5.56 Å². The van der Waals surface area contributed by atoms with Gasteiger partial charge in [-0.1, -0.05) is 36.4 Å². The minimum atomic E-state index is -0.288. The maximum absolute atomic E-state index is 11.8. The predicted octanol–water partition coefficient (Wildman–Crippen LogP) is 3.63. The largest absolute Gasteiger partial charge is 0.489 e. The van der Waals surface area contributed by atoms with Crippen LogP contribution in [-0.4, -0.2) is 18.7 Å². The van der Waals surface area contributed by atoms with Crippen molar-refractivity contribution in [1.82, 2.24) is 0 Å². The Morgan fingerprint density at radius 1 is 1.35 bits per heavy atom. The molecule has 0 saturated carbocycles. The number of allylic oxidation sites excluding steroid dienone is 1. The lowest BCUT2D eigenvalue weighted by atomic mass is 9.97. The Labute approximate surface area is 119 Å². The second-order valence-electron chi connectivity index (χ2n) is 4.96. The molecule has 1 aliphatic rings. The van der Waals surface area contributed by atoms with Gasteiger partial charge in [0.15, 0.2) is 0 Å². The van der Waals surface area contributed by atoms with Gasteiger partial charge in [-0.15, -0.1) is 0 Å². The first-order chi connectivity index (χ1) is 9.52. The van der Waals surface area contributed by atoms with Gasteiger partial charge >= 0.3 is 5.97 Å². The maximum Gasteiger partial charge on any atom is 0.337 e. The van der Waals surface area contributed by atoms with Crippen molar-refractivity contribution >= 4 is 11.5 Å². The van der Waals surface area contributed by atoms with Crippen molar-refractivity contribution in [3.05, 3.63) is 53.3 Å². The summed E-state index contributed by atoms with van der Waals surface area (Å²) in [6.07, 6.45) is 0.342. The molecule has 0 bridgehead atoms. The standard InChI is InChI=1S/C17H20O3/c1-5-19-17(18)15-10-16(20-13(15)4)12(3)14-8-6-11(2)7-9-14/h6-9,16H,3,5,10H2,1-2,4H3. The zero-order valence-corrected chi connectivity index (χ0v) is 12.2. The molecule has 106 valence electrons. The number of hydrogen-bond acceptors (Lipinski definition) is 3. The van der Waals surface area contributed by atoms with Crippen LogP contribution in [0.3, 0.4) is 0 Å². The number of hydrogen-bond donors (Lipinski definition) is 0. The fraction of sp³-hybridized carbons (Fsp3) is 0.353. The van der Waals surface area contributed by atoms with Crippen LogP contribution in [-0.2, 0) is 14.3 Å². The topological polar surface area (TPSA) is 35.5 Å². The minimum Gasteiger partial charge on any atom is -0.489 e. The number of aryl methyl sites for hydroxylation is 1. The lowest BCUT2D eigenvalue weighted by Crippen LogP contribution is -2.11. The molecule has 0 aliphatic carbocycles. The zero-order chi connectivity index (χ0) is 14.7. The van der Waals surface area contributed by atoms with Gasteiger partial charge in [0.2, 0.25) is 0 Å². The minimum absolute atomic E-state index is 0.183. The van der Waals surface area contributed by atoms with E-state index in [-0.39, 0.29) is 12.1 Å². The Hall–Kier alpha value is -2.03. The van der Waals surface area contributed by atoms with Crippen LogP contribution >= 0.6 is 0 Å². The smallest absolute Gasteiger partial charge is 0.337 e. The van der Waals surface area contributed by atoms with Crippen molar-refractivity contribution in [3.63, 3.8) is 0 Å². The molecule has 3 heteroatoms. The highest BCUT2D eigenvalue weighted by Crippen LogP contribution is 2.33. The summed E-state index contributed by atoms with van der Waals surface area (Å²) >= 11 is 0. The highest BCUT2D eigenvalue weighted by Gasteiger charge is 2.30. The van der Waals surface area contributed by atoms with E-state index < -0.39 is 0 Å². The van der Waals surface area contributed by atoms with E-state index in [1.54, 1.807) is 13.8 Å². The Balaban J connectivity index is 2.09. The highest BCUT2D eigenvalue weighted by molar-refractivity contribution is 5.90. The third kappa shape index (κ3) is 2.93. The van der Waals surface area contributed by atoms with E-state index in [0.717, 1.165) is 11.1 Å². The van der Waals surface area contributed by atoms with Gasteiger partial charge in [0.1, 0.15) is 11.9 Å². The maximum atomic E-state index is 11.8. The van der Waals surface area contributed by atoms with Crippen LogP contribution in [0.4, 0.5) is 0 Å². The van der Waals surface area contributed by atoms with Crippen molar-refractivity contribution in [2.24, 2.45) is 0 Å². The summed E-state index contributed by atoms with van der Waals surface area (Å²) in [7, 11) is 0. The quantitative estimate of drug-likeness (QED) is 0.785. The second kappa shape index (κ2) is 5.95. The van der Waals surface area contributed by atoms with Crippen LogP contribution in [0.25, 0.3) is 5.57 Å². The Morgan fingerprint density at radius 2 is 2.00 bits per heavy atom. The Kier molecular flexibility index (Phi) is 4.28. The first kappa shape index (κ1) is 14.4. The van der Waals surface area contributed by atoms with E-state index in [1.807, 2.05) is 31.2 Å². The molecule has 1 heterocycles. The summed E-state index contributed by atoms with van der Waals surface area (Å²) in [5.74, 6) is 0.353. The van der Waals surface area contributed by atoms with Gasteiger partial charge in [0, 0.05) is 6.42 Å². The molecular formula is C17H20O3. The molecule has 1 aromatic rings. The van der Waals surface area contributed by atoms with Crippen LogP contribution in [0.1, 0.15) is 31.4 Å². The van der Waals surface area contributed by atoms with E-state index in [9.17, 15) is 4.79 Å². The molecule has 1 aromatic carbocycles. The predicted molar refractivity (Wildman–Crippen MR) is 79.0 cm³/mol. The molecule has 1 aliphatic heterocycles. The number of carbonyl (C=O) groups excluding carboxylic acids is 1. The van der Waals surface area contributed by atoms with Crippen LogP contribution in [0.2, 0.25) is 0 Å². The average molecular weight is 272 g/mol. The second-order valence-corrected chi connectivity index (χ2v) is 4.96. The lowest BCUT2D eigenvalue weighted by molar-refractivity contribution is -0.138. The summed E-state index contributed by atoms with van der Waals surface area (Å²) in [6.45, 7) is 10.1. The molecule has 0 amide bonds. The summed E-state index contributed by atoms with van der Waals surface area (Å²) < 4.78 is 10.8. The van der Waals surface area contributed by atoms with Gasteiger partial charge in [-0.05, 0) is 31.9 Å². The van der Waals surface area contributed by atoms with Crippen LogP contribution in [0.5, 0.6) is 0 Å². The first-order valence-corrected chi connectivity index (χ1v) is 6.82. The van der Waals surface area contributed by atoms with Gasteiger partial charge in [0.25, 0.3) is 0 Å².